The van der Waals surface area contributed by atoms with Crippen molar-refractivity contribution in [3.05, 3.63) is 36.2 Å². The van der Waals surface area contributed by atoms with Gasteiger partial charge >= 0.3 is 0 Å². The minimum absolute atomic E-state index is 0.307. The highest BCUT2D eigenvalue weighted by molar-refractivity contribution is 7.99. The number of methoxy groups -OCH3 is 1. The highest BCUT2D eigenvalue weighted by Gasteiger charge is 2.13. The molecule has 5 nitrogen and oxygen atoms in total. The van der Waals surface area contributed by atoms with Gasteiger partial charge in [0.25, 0.3) is 0 Å². The molecule has 1 aromatic carbocycles. The van der Waals surface area contributed by atoms with Crippen molar-refractivity contribution >= 4 is 11.8 Å². The Morgan fingerprint density at radius 2 is 2.20 bits per heavy atom. The number of rotatable bonds is 6. The van der Waals surface area contributed by atoms with Gasteiger partial charge in [0.15, 0.2) is 5.16 Å². The predicted molar refractivity (Wildman–Crippen MR) is 79.1 cm³/mol. The molecule has 1 heterocycles. The lowest BCUT2D eigenvalue weighted by atomic mass is 10.1. The van der Waals surface area contributed by atoms with Crippen LogP contribution in [0, 0.1) is 0 Å². The number of nitrogens with zero attached hydrogens (tertiary/aromatic N) is 3. The molecule has 0 saturated heterocycles. The van der Waals surface area contributed by atoms with Crippen LogP contribution >= 0.6 is 11.8 Å². The number of hydrogen-bond donors (Lipinski definition) is 1. The second-order valence-electron chi connectivity index (χ2n) is 4.72. The van der Waals surface area contributed by atoms with Crippen LogP contribution in [0.15, 0.2) is 35.7 Å². The summed E-state index contributed by atoms with van der Waals surface area (Å²) in [5, 5.41) is 19.0. The van der Waals surface area contributed by atoms with Gasteiger partial charge in [-0.15, -0.1) is 10.2 Å². The lowest BCUT2D eigenvalue weighted by molar-refractivity contribution is 0.203. The lowest BCUT2D eigenvalue weighted by Gasteiger charge is -2.13. The molecule has 1 aromatic heterocycles. The Balaban J connectivity index is 2.01. The molecule has 0 fully saturated rings. The smallest absolute Gasteiger partial charge is 0.191 e. The first-order chi connectivity index (χ1) is 9.61. The highest BCUT2D eigenvalue weighted by Crippen LogP contribution is 2.26. The molecule has 0 amide bonds. The Morgan fingerprint density at radius 1 is 1.40 bits per heavy atom. The Morgan fingerprint density at radius 3 is 2.90 bits per heavy atom. The van der Waals surface area contributed by atoms with Gasteiger partial charge in [-0.2, -0.15) is 0 Å². The van der Waals surface area contributed by atoms with Crippen LogP contribution in [-0.4, -0.2) is 32.7 Å². The number of aromatic nitrogens is 3. The normalized spacial score (nSPS) is 12.7. The molecule has 0 radical (unpaired) electrons. The molecule has 20 heavy (non-hydrogen) atoms. The summed E-state index contributed by atoms with van der Waals surface area (Å²) in [6.45, 7) is 4.15. The van der Waals surface area contributed by atoms with Crippen molar-refractivity contribution < 1.29 is 9.84 Å². The largest absolute Gasteiger partial charge is 0.497 e. The topological polar surface area (TPSA) is 60.2 Å². The zero-order chi connectivity index (χ0) is 14.5. The van der Waals surface area contributed by atoms with Crippen LogP contribution in [0.25, 0.3) is 0 Å². The fraction of sp³-hybridized carbons (Fsp3) is 0.429. The van der Waals surface area contributed by atoms with Gasteiger partial charge in [-0.3, -0.25) is 0 Å². The second-order valence-corrected chi connectivity index (χ2v) is 5.71. The summed E-state index contributed by atoms with van der Waals surface area (Å²) < 4.78 is 7.15. The van der Waals surface area contributed by atoms with E-state index >= 15 is 0 Å². The van der Waals surface area contributed by atoms with Crippen LogP contribution < -0.4 is 4.74 Å². The van der Waals surface area contributed by atoms with Crippen molar-refractivity contribution in [3.8, 4) is 5.75 Å². The summed E-state index contributed by atoms with van der Waals surface area (Å²) in [6.07, 6.45) is 1.15. The van der Waals surface area contributed by atoms with Gasteiger partial charge in [-0.25, -0.2) is 0 Å². The maximum absolute atomic E-state index is 10.2. The van der Waals surface area contributed by atoms with E-state index in [4.69, 9.17) is 4.74 Å². The zero-order valence-electron chi connectivity index (χ0n) is 11.9. The molecule has 0 spiro atoms. The summed E-state index contributed by atoms with van der Waals surface area (Å²) in [4.78, 5) is 0. The van der Waals surface area contributed by atoms with E-state index < -0.39 is 6.10 Å². The average molecular weight is 293 g/mol. The average Bonchev–Trinajstić information content (AvgIpc) is 2.93. The summed E-state index contributed by atoms with van der Waals surface area (Å²) in [5.41, 5.74) is 0.840. The number of aliphatic hydroxyl groups excluding tert-OH is 1. The minimum atomic E-state index is -0.563. The van der Waals surface area contributed by atoms with Gasteiger partial charge in [0.05, 0.1) is 13.2 Å². The van der Waals surface area contributed by atoms with Crippen molar-refractivity contribution in [2.75, 3.05) is 12.9 Å². The number of hydrogen-bond acceptors (Lipinski definition) is 5. The third-order valence-corrected chi connectivity index (χ3v) is 3.98. The first kappa shape index (κ1) is 14.9. The first-order valence-corrected chi connectivity index (χ1v) is 7.44. The molecule has 0 aliphatic rings. The fourth-order valence-corrected chi connectivity index (χ4v) is 2.80. The number of aliphatic hydroxyl groups is 1. The Kier molecular flexibility index (Phi) is 5.03. The molecule has 1 N–H and O–H groups in total. The van der Waals surface area contributed by atoms with Gasteiger partial charge in [0.1, 0.15) is 12.1 Å². The van der Waals surface area contributed by atoms with Gasteiger partial charge in [0, 0.05) is 11.8 Å². The molecule has 0 aliphatic heterocycles. The van der Waals surface area contributed by atoms with Crippen molar-refractivity contribution in [1.29, 1.82) is 0 Å². The van der Waals surface area contributed by atoms with E-state index in [2.05, 4.69) is 24.0 Å². The monoisotopic (exact) mass is 293 g/mol. The van der Waals surface area contributed by atoms with E-state index in [0.717, 1.165) is 16.5 Å². The van der Waals surface area contributed by atoms with Crippen LogP contribution in [-0.2, 0) is 0 Å². The highest BCUT2D eigenvalue weighted by atomic mass is 32.2. The molecule has 2 aromatic rings. The van der Waals surface area contributed by atoms with E-state index in [0.29, 0.717) is 11.8 Å². The fourth-order valence-electron chi connectivity index (χ4n) is 1.79. The summed E-state index contributed by atoms with van der Waals surface area (Å²) in [5.74, 6) is 1.27. The Bertz CT molecular complexity index is 557. The lowest BCUT2D eigenvalue weighted by Crippen LogP contribution is -2.05. The van der Waals surface area contributed by atoms with E-state index in [-0.39, 0.29) is 0 Å². The molecule has 1 atom stereocenters. The first-order valence-electron chi connectivity index (χ1n) is 6.46. The van der Waals surface area contributed by atoms with Crippen LogP contribution in [0.4, 0.5) is 0 Å². The van der Waals surface area contributed by atoms with E-state index in [1.54, 1.807) is 13.4 Å². The second kappa shape index (κ2) is 6.76. The molecule has 0 saturated carbocycles. The molecule has 6 heteroatoms. The summed E-state index contributed by atoms with van der Waals surface area (Å²) in [6, 6.07) is 7.78. The van der Waals surface area contributed by atoms with E-state index in [1.165, 1.54) is 11.8 Å². The standard InChI is InChI=1S/C14H19N3O2S/c1-10(2)17-9-15-16-14(17)20-8-13(18)11-5-4-6-12(7-11)19-3/h4-7,9-10,13,18H,8H2,1-3H3. The Hall–Kier alpha value is -1.53. The molecule has 108 valence electrons. The summed E-state index contributed by atoms with van der Waals surface area (Å²) >= 11 is 1.50. The van der Waals surface area contributed by atoms with Gasteiger partial charge in [-0.05, 0) is 31.5 Å². The van der Waals surface area contributed by atoms with Crippen molar-refractivity contribution in [2.24, 2.45) is 0 Å². The van der Waals surface area contributed by atoms with Crippen molar-refractivity contribution in [3.63, 3.8) is 0 Å². The predicted octanol–water partition coefficient (Wildman–Crippen LogP) is 2.69. The molecule has 0 bridgehead atoms. The molecular weight excluding hydrogens is 274 g/mol. The number of ether oxygens (including phenoxy) is 1. The number of thioether (sulfide) groups is 1. The van der Waals surface area contributed by atoms with Gasteiger partial charge in [-0.1, -0.05) is 23.9 Å². The Labute approximate surface area is 123 Å². The van der Waals surface area contributed by atoms with Crippen molar-refractivity contribution in [2.45, 2.75) is 31.1 Å². The molecule has 1 unspecified atom stereocenters. The van der Waals surface area contributed by atoms with Crippen LogP contribution in [0.1, 0.15) is 31.6 Å². The minimum Gasteiger partial charge on any atom is -0.497 e. The molecule has 2 rings (SSSR count). The maximum atomic E-state index is 10.2. The van der Waals surface area contributed by atoms with E-state index in [1.807, 2.05) is 28.8 Å². The van der Waals surface area contributed by atoms with Crippen LogP contribution in [0.2, 0.25) is 0 Å². The van der Waals surface area contributed by atoms with Gasteiger partial charge < -0.3 is 14.4 Å². The SMILES string of the molecule is COc1cccc(C(O)CSc2nncn2C(C)C)c1. The summed E-state index contributed by atoms with van der Waals surface area (Å²) in [7, 11) is 1.62. The third kappa shape index (κ3) is 3.52. The maximum Gasteiger partial charge on any atom is 0.191 e. The molecular formula is C14H19N3O2S. The number of benzene rings is 1. The van der Waals surface area contributed by atoms with Crippen molar-refractivity contribution in [1.82, 2.24) is 14.8 Å². The third-order valence-electron chi connectivity index (χ3n) is 2.95. The van der Waals surface area contributed by atoms with E-state index in [9.17, 15) is 5.11 Å². The zero-order valence-corrected chi connectivity index (χ0v) is 12.7. The van der Waals surface area contributed by atoms with Crippen LogP contribution in [0.3, 0.4) is 0 Å². The molecule has 0 aliphatic carbocycles. The van der Waals surface area contributed by atoms with Crippen LogP contribution in [0.5, 0.6) is 5.75 Å². The quantitative estimate of drug-likeness (QED) is 0.830. The van der Waals surface area contributed by atoms with Gasteiger partial charge in [0.2, 0.25) is 0 Å².